The minimum Gasteiger partial charge on any atom is -0.366 e. The summed E-state index contributed by atoms with van der Waals surface area (Å²) in [5.41, 5.74) is 2.03. The van der Waals surface area contributed by atoms with E-state index in [0.29, 0.717) is 11.1 Å². The van der Waals surface area contributed by atoms with E-state index < -0.39 is 0 Å². The number of hydrogen-bond donors (Lipinski definition) is 0. The number of benzene rings is 1. The molecule has 0 fully saturated rings. The second-order valence-corrected chi connectivity index (χ2v) is 3.71. The minimum absolute atomic E-state index is 0.549. The van der Waals surface area contributed by atoms with Crippen molar-refractivity contribution in [3.8, 4) is 6.07 Å². The molecule has 2 rings (SSSR count). The second kappa shape index (κ2) is 4.63. The zero-order valence-electron chi connectivity index (χ0n) is 8.89. The van der Waals surface area contributed by atoms with Crippen LogP contribution < -0.4 is 4.90 Å². The standard InChI is InChI=1S/C13H12N2O/c14-9-12-8-11(10-16)4-5-13(12)15-6-2-1-3-7-15/h1-2,4-5,8,10H,3,6-7H2. The zero-order valence-corrected chi connectivity index (χ0v) is 8.89. The van der Waals surface area contributed by atoms with Crippen LogP contribution >= 0.6 is 0 Å². The van der Waals surface area contributed by atoms with E-state index in [-0.39, 0.29) is 0 Å². The molecule has 16 heavy (non-hydrogen) atoms. The first-order valence-electron chi connectivity index (χ1n) is 5.24. The van der Waals surface area contributed by atoms with E-state index in [4.69, 9.17) is 5.26 Å². The predicted octanol–water partition coefficient (Wildman–Crippen LogP) is 2.14. The molecular weight excluding hydrogens is 200 g/mol. The molecule has 0 atom stereocenters. The van der Waals surface area contributed by atoms with Crippen molar-refractivity contribution in [3.05, 3.63) is 41.5 Å². The van der Waals surface area contributed by atoms with Gasteiger partial charge in [-0.1, -0.05) is 12.2 Å². The number of nitriles is 1. The molecule has 80 valence electrons. The number of anilines is 1. The molecule has 0 unspecified atom stereocenters. The molecule has 0 amide bonds. The lowest BCUT2D eigenvalue weighted by molar-refractivity contribution is 0.112. The highest BCUT2D eigenvalue weighted by Gasteiger charge is 2.12. The average Bonchev–Trinajstić information content (AvgIpc) is 2.39. The number of hydrogen-bond acceptors (Lipinski definition) is 3. The summed E-state index contributed by atoms with van der Waals surface area (Å²) in [5, 5.41) is 9.06. The predicted molar refractivity (Wildman–Crippen MR) is 62.5 cm³/mol. The van der Waals surface area contributed by atoms with Gasteiger partial charge < -0.3 is 4.90 Å². The van der Waals surface area contributed by atoms with E-state index in [1.807, 2.05) is 6.07 Å². The van der Waals surface area contributed by atoms with Gasteiger partial charge in [0.1, 0.15) is 12.4 Å². The van der Waals surface area contributed by atoms with Crippen LogP contribution in [0.5, 0.6) is 0 Å². The van der Waals surface area contributed by atoms with Crippen LogP contribution in [-0.4, -0.2) is 19.4 Å². The van der Waals surface area contributed by atoms with E-state index in [1.54, 1.807) is 12.1 Å². The summed E-state index contributed by atoms with van der Waals surface area (Å²) < 4.78 is 0. The first-order chi connectivity index (χ1) is 7.85. The van der Waals surface area contributed by atoms with Crippen molar-refractivity contribution >= 4 is 12.0 Å². The van der Waals surface area contributed by atoms with Gasteiger partial charge in [-0.2, -0.15) is 5.26 Å². The monoisotopic (exact) mass is 212 g/mol. The second-order valence-electron chi connectivity index (χ2n) is 3.71. The van der Waals surface area contributed by atoms with E-state index in [1.165, 1.54) is 0 Å². The Labute approximate surface area is 94.6 Å². The van der Waals surface area contributed by atoms with Crippen LogP contribution in [0.15, 0.2) is 30.4 Å². The van der Waals surface area contributed by atoms with E-state index in [9.17, 15) is 4.79 Å². The Bertz CT molecular complexity index is 471. The van der Waals surface area contributed by atoms with Crippen LogP contribution in [0.2, 0.25) is 0 Å². The van der Waals surface area contributed by atoms with Crippen molar-refractivity contribution < 1.29 is 4.79 Å². The molecule has 0 aromatic heterocycles. The Balaban J connectivity index is 2.37. The lowest BCUT2D eigenvalue weighted by atomic mass is 10.1. The van der Waals surface area contributed by atoms with Gasteiger partial charge in [0, 0.05) is 18.7 Å². The molecule has 1 aromatic rings. The summed E-state index contributed by atoms with van der Waals surface area (Å²) >= 11 is 0. The first kappa shape index (κ1) is 10.4. The Morgan fingerprint density at radius 3 is 2.88 bits per heavy atom. The molecule has 0 saturated heterocycles. The van der Waals surface area contributed by atoms with E-state index >= 15 is 0 Å². The molecule has 0 N–H and O–H groups in total. The molecule has 0 saturated carbocycles. The average molecular weight is 212 g/mol. The van der Waals surface area contributed by atoms with E-state index in [2.05, 4.69) is 23.1 Å². The Kier molecular flexibility index (Phi) is 3.02. The van der Waals surface area contributed by atoms with Gasteiger partial charge in [-0.25, -0.2) is 0 Å². The summed E-state index contributed by atoms with van der Waals surface area (Å²) in [6.45, 7) is 1.75. The van der Waals surface area contributed by atoms with Gasteiger partial charge in [-0.15, -0.1) is 0 Å². The summed E-state index contributed by atoms with van der Waals surface area (Å²) in [5.74, 6) is 0. The van der Waals surface area contributed by atoms with Gasteiger partial charge in [0.25, 0.3) is 0 Å². The van der Waals surface area contributed by atoms with Gasteiger partial charge in [-0.05, 0) is 24.6 Å². The first-order valence-corrected chi connectivity index (χ1v) is 5.24. The topological polar surface area (TPSA) is 44.1 Å². The maximum absolute atomic E-state index is 10.6. The number of carbonyl (C=O) groups is 1. The Morgan fingerprint density at radius 1 is 1.38 bits per heavy atom. The van der Waals surface area contributed by atoms with Crippen molar-refractivity contribution in [2.24, 2.45) is 0 Å². The molecule has 0 radical (unpaired) electrons. The fraction of sp³-hybridized carbons (Fsp3) is 0.231. The lowest BCUT2D eigenvalue weighted by Crippen LogP contribution is -2.27. The number of aldehydes is 1. The van der Waals surface area contributed by atoms with Crippen molar-refractivity contribution in [1.29, 1.82) is 5.26 Å². The van der Waals surface area contributed by atoms with Gasteiger partial charge in [0.2, 0.25) is 0 Å². The fourth-order valence-corrected chi connectivity index (χ4v) is 1.85. The smallest absolute Gasteiger partial charge is 0.150 e. The van der Waals surface area contributed by atoms with Crippen LogP contribution in [0.1, 0.15) is 22.3 Å². The number of nitrogens with zero attached hydrogens (tertiary/aromatic N) is 2. The SMILES string of the molecule is N#Cc1cc(C=O)ccc1N1CC=CCC1. The maximum Gasteiger partial charge on any atom is 0.150 e. The molecule has 1 heterocycles. The Morgan fingerprint density at radius 2 is 2.25 bits per heavy atom. The van der Waals surface area contributed by atoms with Crippen molar-refractivity contribution in [2.75, 3.05) is 18.0 Å². The summed E-state index contributed by atoms with van der Waals surface area (Å²) in [7, 11) is 0. The molecule has 1 aromatic carbocycles. The van der Waals surface area contributed by atoms with Crippen molar-refractivity contribution in [1.82, 2.24) is 0 Å². The highest BCUT2D eigenvalue weighted by Crippen LogP contribution is 2.22. The number of carbonyl (C=O) groups excluding carboxylic acids is 1. The number of rotatable bonds is 2. The fourth-order valence-electron chi connectivity index (χ4n) is 1.85. The van der Waals surface area contributed by atoms with Crippen molar-refractivity contribution in [3.63, 3.8) is 0 Å². The molecule has 0 spiro atoms. The van der Waals surface area contributed by atoms with Gasteiger partial charge in [0.15, 0.2) is 0 Å². The van der Waals surface area contributed by atoms with Crippen LogP contribution in [-0.2, 0) is 0 Å². The zero-order chi connectivity index (χ0) is 11.4. The largest absolute Gasteiger partial charge is 0.366 e. The Hall–Kier alpha value is -2.08. The van der Waals surface area contributed by atoms with Crippen LogP contribution in [0.4, 0.5) is 5.69 Å². The molecule has 0 aliphatic carbocycles. The van der Waals surface area contributed by atoms with E-state index in [0.717, 1.165) is 31.5 Å². The van der Waals surface area contributed by atoms with Crippen LogP contribution in [0, 0.1) is 11.3 Å². The third-order valence-corrected chi connectivity index (χ3v) is 2.68. The minimum atomic E-state index is 0.549. The van der Waals surface area contributed by atoms with Crippen molar-refractivity contribution in [2.45, 2.75) is 6.42 Å². The summed E-state index contributed by atoms with van der Waals surface area (Å²) in [6, 6.07) is 7.38. The van der Waals surface area contributed by atoms with Crippen LogP contribution in [0.25, 0.3) is 0 Å². The highest BCUT2D eigenvalue weighted by molar-refractivity contribution is 5.78. The summed E-state index contributed by atoms with van der Waals surface area (Å²) in [6.07, 6.45) is 6.00. The molecule has 3 heteroatoms. The van der Waals surface area contributed by atoms with Gasteiger partial charge in [-0.3, -0.25) is 4.79 Å². The van der Waals surface area contributed by atoms with Crippen LogP contribution in [0.3, 0.4) is 0 Å². The third-order valence-electron chi connectivity index (χ3n) is 2.68. The molecule has 3 nitrogen and oxygen atoms in total. The molecule has 0 bridgehead atoms. The quantitative estimate of drug-likeness (QED) is 0.557. The van der Waals surface area contributed by atoms with Gasteiger partial charge >= 0.3 is 0 Å². The molecule has 1 aliphatic heterocycles. The third kappa shape index (κ3) is 1.96. The maximum atomic E-state index is 10.6. The highest BCUT2D eigenvalue weighted by atomic mass is 16.1. The molecule has 1 aliphatic rings. The summed E-state index contributed by atoms with van der Waals surface area (Å²) in [4.78, 5) is 12.8. The normalized spacial score (nSPS) is 14.6. The lowest BCUT2D eigenvalue weighted by Gasteiger charge is -2.26. The van der Waals surface area contributed by atoms with Gasteiger partial charge in [0.05, 0.1) is 11.3 Å². The molecular formula is C13H12N2O.